The van der Waals surface area contributed by atoms with E-state index in [-0.39, 0.29) is 98.3 Å². The van der Waals surface area contributed by atoms with E-state index in [0.717, 1.165) is 56.7 Å². The maximum atomic E-state index is 15.2. The van der Waals surface area contributed by atoms with Crippen LogP contribution >= 0.6 is 0 Å². The van der Waals surface area contributed by atoms with Crippen LogP contribution in [0.15, 0.2) is 55.4 Å². The molecule has 105 heavy (non-hydrogen) atoms. The summed E-state index contributed by atoms with van der Waals surface area (Å²) in [6.07, 6.45) is 12.9. The average molecular weight is 1450 g/mol. The third-order valence-electron chi connectivity index (χ3n) is 21.4. The summed E-state index contributed by atoms with van der Waals surface area (Å²) in [4.78, 5) is 67.7. The molecule has 2 bridgehead atoms. The minimum Gasteiger partial charge on any atom is -0.421 e. The van der Waals surface area contributed by atoms with Gasteiger partial charge in [-0.25, -0.2) is 56.2 Å². The van der Waals surface area contributed by atoms with Crippen molar-refractivity contribution in [2.45, 2.75) is 109 Å². The van der Waals surface area contributed by atoms with E-state index in [4.69, 9.17) is 36.4 Å². The number of benzene rings is 3. The normalized spacial score (nSPS) is 20.3. The second-order valence-electron chi connectivity index (χ2n) is 28.3. The molecular formula is C70H74F6N24O5. The van der Waals surface area contributed by atoms with Crippen molar-refractivity contribution in [2.75, 3.05) is 84.5 Å². The molecule has 14 N–H and O–H groups in total. The van der Waals surface area contributed by atoms with Crippen molar-refractivity contribution in [3.63, 3.8) is 0 Å². The fourth-order valence-corrected chi connectivity index (χ4v) is 15.4. The first kappa shape index (κ1) is 68.5. The van der Waals surface area contributed by atoms with Gasteiger partial charge in [-0.2, -0.15) is 29.9 Å². The van der Waals surface area contributed by atoms with E-state index in [1.807, 2.05) is 23.6 Å². The maximum absolute atomic E-state index is 15.2. The van der Waals surface area contributed by atoms with E-state index < -0.39 is 47.1 Å². The minimum atomic E-state index is -0.971. The lowest BCUT2D eigenvalue weighted by molar-refractivity contribution is 0.0559. The number of anilines is 6. The molecule has 7 atom stereocenters. The first-order chi connectivity index (χ1) is 50.4. The SMILES string of the molecule is CNc1cc(F)c(F)c2c1[nH]c1nc(Oc3cnc(C(C)C)nc3)nc(N3C[C@H]4C[C@@H]3C[C@H]4N)c12.CNc1cc(F)c(F)c2c1[nH]c1nc(Oc3cnc([C@@H](C)O)nc3)nc(N3CC4(CC[C@H]4N)C3)c12.CNc1cc(F)c(F)c2c1[nH]c1nc(Oc3cnc([C@H](C)O)nc3)nc(N3CC4(CC[C@@H]4N)C3)c12. The van der Waals surface area contributed by atoms with Crippen LogP contribution in [-0.2, 0) is 0 Å². The molecule has 12 aromatic rings. The van der Waals surface area contributed by atoms with Crippen molar-refractivity contribution in [3.05, 3.63) is 108 Å². The van der Waals surface area contributed by atoms with Gasteiger partial charge in [-0.15, -0.1) is 0 Å². The number of aliphatic hydroxyl groups is 2. The summed E-state index contributed by atoms with van der Waals surface area (Å²) in [6, 6.07) is 3.93. The van der Waals surface area contributed by atoms with Gasteiger partial charge in [-0.05, 0) is 58.3 Å². The van der Waals surface area contributed by atoms with Crippen molar-refractivity contribution in [1.82, 2.24) is 74.8 Å². The van der Waals surface area contributed by atoms with Crippen molar-refractivity contribution >= 4 is 100 Å². The Labute approximate surface area is 593 Å². The summed E-state index contributed by atoms with van der Waals surface area (Å²) >= 11 is 0. The molecule has 35 heteroatoms. The number of aromatic amines is 3. The molecule has 0 radical (unpaired) electrons. The highest BCUT2D eigenvalue weighted by atomic mass is 19.2. The van der Waals surface area contributed by atoms with Crippen LogP contribution in [0.1, 0.15) is 102 Å². The zero-order chi connectivity index (χ0) is 73.4. The average Bonchev–Trinajstić information content (AvgIpc) is 1.71. The van der Waals surface area contributed by atoms with Crippen LogP contribution in [-0.4, -0.2) is 163 Å². The molecule has 6 fully saturated rings. The zero-order valence-corrected chi connectivity index (χ0v) is 57.9. The summed E-state index contributed by atoms with van der Waals surface area (Å²) < 4.78 is 106. The van der Waals surface area contributed by atoms with Gasteiger partial charge in [0.1, 0.15) is 52.4 Å². The Morgan fingerprint density at radius 3 is 1.11 bits per heavy atom. The van der Waals surface area contributed by atoms with Gasteiger partial charge in [0.15, 0.2) is 63.8 Å². The summed E-state index contributed by atoms with van der Waals surface area (Å²) in [6.45, 7) is 10.5. The second kappa shape index (κ2) is 26.1. The van der Waals surface area contributed by atoms with Gasteiger partial charge < -0.3 is 87.2 Å². The topological polar surface area (TPSA) is 394 Å². The number of hydrogen-bond acceptors (Lipinski definition) is 26. The highest BCUT2D eigenvalue weighted by Crippen LogP contribution is 2.53. The number of aliphatic hydroxyl groups excluding tert-OH is 2. The molecule has 3 aliphatic heterocycles. The number of hydrogen-bond donors (Lipinski definition) is 11. The molecule has 6 aliphatic rings. The number of halogens is 6. The van der Waals surface area contributed by atoms with E-state index in [1.165, 1.54) is 24.8 Å². The number of nitrogens with zero attached hydrogens (tertiary/aromatic N) is 15. The first-order valence-electron chi connectivity index (χ1n) is 34.5. The first-order valence-corrected chi connectivity index (χ1v) is 34.5. The largest absolute Gasteiger partial charge is 0.421 e. The number of nitrogens with one attached hydrogen (secondary N) is 6. The standard InChI is InChI=1S/C24H26F2N8O.2C23H24F2N8O2/c1-10(2)21-29-7-13(8-30-21)35-24-32-22-18(17-19(26)14(25)6-16(28-3)20(17)31-22)23(33-24)34-9-11-4-12(34)5-15(11)27;2*1-10(34)19-28-6-11(7-29-19)35-22-31-20-16(15-17(25)12(24)5-13(27-2)18(15)30-20)21(32-22)33-8-23(9-33)4-3-14(23)26/h6-8,10-12,15,28H,4-5,9,27H2,1-3H3,(H,31,32,33);2*5-7,10,14,27,34H,3-4,8-9,26H2,1-2H3,(H,30,31,32)/t11-,12-,15-;2*10-,14-/m110/s1. The third-order valence-corrected chi connectivity index (χ3v) is 21.4. The number of rotatable bonds is 15. The highest BCUT2D eigenvalue weighted by molar-refractivity contribution is 6.17. The molecule has 3 saturated carbocycles. The van der Waals surface area contributed by atoms with Crippen LogP contribution < -0.4 is 62.1 Å². The molecule has 3 saturated heterocycles. The molecule has 546 valence electrons. The van der Waals surface area contributed by atoms with Gasteiger partial charge in [0, 0.05) is 113 Å². The van der Waals surface area contributed by atoms with Crippen LogP contribution in [0, 0.1) is 51.7 Å². The maximum Gasteiger partial charge on any atom is 0.326 e. The molecule has 3 aromatic carbocycles. The zero-order valence-electron chi connectivity index (χ0n) is 57.9. The molecule has 2 spiro atoms. The Balaban J connectivity index is 0.000000121. The lowest BCUT2D eigenvalue weighted by atomic mass is 9.60. The van der Waals surface area contributed by atoms with E-state index in [9.17, 15) is 23.4 Å². The van der Waals surface area contributed by atoms with Crippen LogP contribution in [0.4, 0.5) is 60.9 Å². The number of piperidine rings is 1. The quantitative estimate of drug-likeness (QED) is 0.0425. The lowest BCUT2D eigenvalue weighted by Crippen LogP contribution is -2.69. The van der Waals surface area contributed by atoms with E-state index in [2.05, 4.69) is 90.6 Å². The van der Waals surface area contributed by atoms with Gasteiger partial charge in [0.25, 0.3) is 0 Å². The van der Waals surface area contributed by atoms with Gasteiger partial charge in [-0.1, -0.05) is 13.8 Å². The van der Waals surface area contributed by atoms with E-state index in [1.54, 1.807) is 47.4 Å². The second-order valence-corrected chi connectivity index (χ2v) is 28.3. The Bertz CT molecular complexity index is 5160. The van der Waals surface area contributed by atoms with Crippen molar-refractivity contribution in [3.8, 4) is 35.3 Å². The van der Waals surface area contributed by atoms with E-state index >= 15 is 13.2 Å². The Morgan fingerprint density at radius 2 is 0.829 bits per heavy atom. The van der Waals surface area contributed by atoms with Crippen molar-refractivity contribution in [1.29, 1.82) is 0 Å². The monoisotopic (exact) mass is 1440 g/mol. The molecular weight excluding hydrogens is 1370 g/mol. The summed E-state index contributed by atoms with van der Waals surface area (Å²) in [5.74, 6) is -1.74. The summed E-state index contributed by atoms with van der Waals surface area (Å²) in [7, 11) is 4.92. The number of H-pyrrole nitrogens is 3. The lowest BCUT2D eigenvalue weighted by Gasteiger charge is -2.60. The van der Waals surface area contributed by atoms with Gasteiger partial charge in [-0.3, -0.25) is 0 Å². The summed E-state index contributed by atoms with van der Waals surface area (Å²) in [5.41, 5.74) is 22.2. The number of aromatic nitrogens is 15. The Hall–Kier alpha value is -10.9. The van der Waals surface area contributed by atoms with Gasteiger partial charge in [0.2, 0.25) is 0 Å². The predicted octanol–water partition coefficient (Wildman–Crippen LogP) is 10.1. The van der Waals surface area contributed by atoms with E-state index in [0.29, 0.717) is 134 Å². The van der Waals surface area contributed by atoms with Crippen LogP contribution in [0.2, 0.25) is 0 Å². The molecule has 29 nitrogen and oxygen atoms in total. The molecule has 9 aromatic heterocycles. The van der Waals surface area contributed by atoms with Crippen molar-refractivity contribution in [2.24, 2.45) is 33.9 Å². The molecule has 0 unspecified atom stereocenters. The van der Waals surface area contributed by atoms with Crippen LogP contribution in [0.3, 0.4) is 0 Å². The van der Waals surface area contributed by atoms with Crippen LogP contribution in [0.25, 0.3) is 65.8 Å². The van der Waals surface area contributed by atoms with Crippen LogP contribution in [0.5, 0.6) is 35.3 Å². The summed E-state index contributed by atoms with van der Waals surface area (Å²) in [5, 5.41) is 29.4. The smallest absolute Gasteiger partial charge is 0.326 e. The van der Waals surface area contributed by atoms with Gasteiger partial charge in [0.05, 0.1) is 103 Å². The molecule has 3 aliphatic carbocycles. The minimum absolute atomic E-state index is 0.00167. The van der Waals surface area contributed by atoms with Gasteiger partial charge >= 0.3 is 18.0 Å². The fraction of sp³-hybridized carbons (Fsp3) is 0.400. The third kappa shape index (κ3) is 11.7. The number of nitrogens with two attached hydrogens (primary N) is 3. The Morgan fingerprint density at radius 1 is 0.486 bits per heavy atom. The Kier molecular flexibility index (Phi) is 17.0. The predicted molar refractivity (Wildman–Crippen MR) is 380 cm³/mol. The molecule has 12 heterocycles. The molecule has 0 amide bonds. The van der Waals surface area contributed by atoms with Crippen molar-refractivity contribution < 1.29 is 50.8 Å². The number of ether oxygens (including phenoxy) is 3. The highest BCUT2D eigenvalue weighted by Gasteiger charge is 2.55. The molecule has 18 rings (SSSR count). The number of fused-ring (bicyclic) bond motifs is 11. The fourth-order valence-electron chi connectivity index (χ4n) is 15.4.